The number of nitrogens with zero attached hydrogens (tertiary/aromatic N) is 3. The zero-order chi connectivity index (χ0) is 14.2. The number of hydrogen-bond acceptors (Lipinski definition) is 4. The zero-order valence-corrected chi connectivity index (χ0v) is 12.2. The predicted octanol–water partition coefficient (Wildman–Crippen LogP) is 2.50. The molecule has 5 heteroatoms. The van der Waals surface area contributed by atoms with E-state index in [1.807, 2.05) is 16.8 Å². The third kappa shape index (κ3) is 2.50. The minimum Gasteiger partial charge on any atom is -0.474 e. The maximum atomic E-state index is 6.33. The van der Waals surface area contributed by atoms with Crippen molar-refractivity contribution in [2.75, 3.05) is 6.61 Å². The molecule has 3 rings (SSSR count). The third-order valence-electron chi connectivity index (χ3n) is 4.06. The maximum Gasteiger partial charge on any atom is 0.240 e. The number of ether oxygens (including phenoxy) is 1. The molecule has 0 spiro atoms. The molecule has 0 atom stereocenters. The van der Waals surface area contributed by atoms with Crippen molar-refractivity contribution in [1.29, 1.82) is 0 Å². The van der Waals surface area contributed by atoms with Crippen molar-refractivity contribution < 1.29 is 4.74 Å². The minimum absolute atomic E-state index is 0.185. The lowest BCUT2D eigenvalue weighted by Crippen LogP contribution is -2.42. The summed E-state index contributed by atoms with van der Waals surface area (Å²) >= 11 is 0. The number of nitrogens with two attached hydrogens (primary N) is 1. The first-order valence-corrected chi connectivity index (χ1v) is 7.33. The molecule has 0 aromatic carbocycles. The van der Waals surface area contributed by atoms with Crippen molar-refractivity contribution in [3.63, 3.8) is 0 Å². The number of aromatic nitrogens is 3. The number of hydrogen-bond donors (Lipinski definition) is 1. The summed E-state index contributed by atoms with van der Waals surface area (Å²) in [5.41, 5.74) is 8.11. The monoisotopic (exact) mass is 274 g/mol. The van der Waals surface area contributed by atoms with Crippen LogP contribution in [0.1, 0.15) is 51.1 Å². The second-order valence-electron chi connectivity index (χ2n) is 6.14. The molecule has 2 aromatic rings. The molecule has 20 heavy (non-hydrogen) atoms. The molecule has 0 bridgehead atoms. The van der Waals surface area contributed by atoms with Crippen LogP contribution in [0.5, 0.6) is 5.88 Å². The van der Waals surface area contributed by atoms with Gasteiger partial charge in [-0.3, -0.25) is 0 Å². The van der Waals surface area contributed by atoms with E-state index in [4.69, 9.17) is 10.5 Å². The van der Waals surface area contributed by atoms with Crippen molar-refractivity contribution in [1.82, 2.24) is 14.6 Å². The molecular weight excluding hydrogens is 252 g/mol. The minimum atomic E-state index is -0.185. The van der Waals surface area contributed by atoms with E-state index >= 15 is 0 Å². The third-order valence-corrected chi connectivity index (χ3v) is 4.06. The molecule has 1 aliphatic rings. The number of fused-ring (bicyclic) bond motifs is 1. The van der Waals surface area contributed by atoms with Gasteiger partial charge in [0.1, 0.15) is 12.1 Å². The van der Waals surface area contributed by atoms with Crippen LogP contribution in [0.2, 0.25) is 0 Å². The van der Waals surface area contributed by atoms with Gasteiger partial charge in [-0.2, -0.15) is 5.10 Å². The molecule has 2 heterocycles. The molecule has 0 saturated heterocycles. The van der Waals surface area contributed by atoms with E-state index in [1.54, 1.807) is 6.20 Å². The Kier molecular flexibility index (Phi) is 3.38. The maximum absolute atomic E-state index is 6.33. The van der Waals surface area contributed by atoms with E-state index < -0.39 is 0 Å². The molecule has 5 nitrogen and oxygen atoms in total. The highest BCUT2D eigenvalue weighted by molar-refractivity contribution is 5.56. The summed E-state index contributed by atoms with van der Waals surface area (Å²) < 4.78 is 7.73. The fourth-order valence-electron chi connectivity index (χ4n) is 2.75. The fraction of sp³-hybridized carbons (Fsp3) is 0.600. The quantitative estimate of drug-likeness (QED) is 0.930. The van der Waals surface area contributed by atoms with E-state index in [0.717, 1.165) is 24.1 Å². The zero-order valence-electron chi connectivity index (χ0n) is 12.2. The predicted molar refractivity (Wildman–Crippen MR) is 78.0 cm³/mol. The molecule has 0 amide bonds. The molecule has 2 N–H and O–H groups in total. The van der Waals surface area contributed by atoms with Crippen LogP contribution in [0.25, 0.3) is 5.52 Å². The van der Waals surface area contributed by atoms with Crippen LogP contribution in [0.4, 0.5) is 0 Å². The Labute approximate surface area is 119 Å². The lowest BCUT2D eigenvalue weighted by Gasteiger charge is -2.23. The smallest absolute Gasteiger partial charge is 0.240 e. The van der Waals surface area contributed by atoms with Gasteiger partial charge in [0, 0.05) is 12.4 Å². The first kappa shape index (κ1) is 13.4. The van der Waals surface area contributed by atoms with Crippen LogP contribution in [-0.4, -0.2) is 26.7 Å². The van der Waals surface area contributed by atoms with Crippen LogP contribution in [0, 0.1) is 0 Å². The highest BCUT2D eigenvalue weighted by Gasteiger charge is 2.30. The summed E-state index contributed by atoms with van der Waals surface area (Å²) in [4.78, 5) is 4.33. The van der Waals surface area contributed by atoms with Gasteiger partial charge in [0.2, 0.25) is 5.88 Å². The van der Waals surface area contributed by atoms with Gasteiger partial charge in [-0.15, -0.1) is 0 Å². The topological polar surface area (TPSA) is 65.4 Å². The molecule has 0 unspecified atom stereocenters. The number of rotatable bonds is 4. The second kappa shape index (κ2) is 5.05. The van der Waals surface area contributed by atoms with Crippen LogP contribution >= 0.6 is 0 Å². The van der Waals surface area contributed by atoms with E-state index in [9.17, 15) is 0 Å². The summed E-state index contributed by atoms with van der Waals surface area (Å²) in [5.74, 6) is 1.02. The van der Waals surface area contributed by atoms with Crippen LogP contribution < -0.4 is 10.5 Å². The molecule has 108 valence electrons. The SMILES string of the molecule is CC(C)c1cc2c(OCC3(N)CCCC3)nccn2n1. The Balaban J connectivity index is 1.83. The van der Waals surface area contributed by atoms with Gasteiger partial charge < -0.3 is 10.5 Å². The summed E-state index contributed by atoms with van der Waals surface area (Å²) in [7, 11) is 0. The first-order valence-electron chi connectivity index (χ1n) is 7.33. The Morgan fingerprint density at radius 1 is 1.40 bits per heavy atom. The first-order chi connectivity index (χ1) is 9.57. The Morgan fingerprint density at radius 2 is 2.15 bits per heavy atom. The van der Waals surface area contributed by atoms with Gasteiger partial charge in [0.25, 0.3) is 0 Å². The average Bonchev–Trinajstić information content (AvgIpc) is 3.03. The summed E-state index contributed by atoms with van der Waals surface area (Å²) in [6, 6.07) is 2.05. The highest BCUT2D eigenvalue weighted by atomic mass is 16.5. The van der Waals surface area contributed by atoms with Gasteiger partial charge in [0.05, 0.1) is 11.2 Å². The summed E-state index contributed by atoms with van der Waals surface area (Å²) in [6.07, 6.45) is 8.03. The van der Waals surface area contributed by atoms with Gasteiger partial charge in [-0.05, 0) is 24.8 Å². The van der Waals surface area contributed by atoms with Crippen molar-refractivity contribution in [2.45, 2.75) is 51.0 Å². The molecule has 1 fully saturated rings. The summed E-state index contributed by atoms with van der Waals surface area (Å²) in [6.45, 7) is 4.79. The molecule has 1 aliphatic carbocycles. The van der Waals surface area contributed by atoms with Crippen molar-refractivity contribution >= 4 is 5.52 Å². The van der Waals surface area contributed by atoms with Gasteiger partial charge in [0.15, 0.2) is 0 Å². The normalized spacial score (nSPS) is 18.0. The van der Waals surface area contributed by atoms with Gasteiger partial charge in [-0.1, -0.05) is 26.7 Å². The standard InChI is InChI=1S/C15H22N4O/c1-11(2)12-9-13-14(17-7-8-19(13)18-12)20-10-15(16)5-3-4-6-15/h7-9,11H,3-6,10,16H2,1-2H3. The second-order valence-corrected chi connectivity index (χ2v) is 6.14. The van der Waals surface area contributed by atoms with Crippen molar-refractivity contribution in [3.8, 4) is 5.88 Å². The van der Waals surface area contributed by atoms with E-state index in [0.29, 0.717) is 18.4 Å². The van der Waals surface area contributed by atoms with E-state index in [-0.39, 0.29) is 5.54 Å². The van der Waals surface area contributed by atoms with Gasteiger partial charge >= 0.3 is 0 Å². The lowest BCUT2D eigenvalue weighted by atomic mass is 10.0. The molecule has 0 radical (unpaired) electrons. The van der Waals surface area contributed by atoms with Crippen LogP contribution in [0.15, 0.2) is 18.5 Å². The molecule has 1 saturated carbocycles. The lowest BCUT2D eigenvalue weighted by molar-refractivity contribution is 0.215. The van der Waals surface area contributed by atoms with Crippen molar-refractivity contribution in [2.24, 2.45) is 5.73 Å². The molecule has 2 aromatic heterocycles. The molecular formula is C15H22N4O. The van der Waals surface area contributed by atoms with E-state index in [1.165, 1.54) is 12.8 Å². The van der Waals surface area contributed by atoms with Crippen LogP contribution in [0.3, 0.4) is 0 Å². The molecule has 0 aliphatic heterocycles. The fourth-order valence-corrected chi connectivity index (χ4v) is 2.75. The van der Waals surface area contributed by atoms with E-state index in [2.05, 4.69) is 23.9 Å². The summed E-state index contributed by atoms with van der Waals surface area (Å²) in [5, 5.41) is 4.54. The Morgan fingerprint density at radius 3 is 2.85 bits per heavy atom. The average molecular weight is 274 g/mol. The van der Waals surface area contributed by atoms with Gasteiger partial charge in [-0.25, -0.2) is 9.50 Å². The Hall–Kier alpha value is -1.62. The largest absolute Gasteiger partial charge is 0.474 e. The highest BCUT2D eigenvalue weighted by Crippen LogP contribution is 2.28. The van der Waals surface area contributed by atoms with Crippen molar-refractivity contribution in [3.05, 3.63) is 24.2 Å². The Bertz CT molecular complexity index is 599. The van der Waals surface area contributed by atoms with Crippen LogP contribution in [-0.2, 0) is 0 Å².